The fourth-order valence-corrected chi connectivity index (χ4v) is 2.24. The van der Waals surface area contributed by atoms with E-state index in [0.717, 1.165) is 28.7 Å². The highest BCUT2D eigenvalue weighted by Crippen LogP contribution is 2.20. The van der Waals surface area contributed by atoms with Gasteiger partial charge in [-0.2, -0.15) is 0 Å². The Balaban J connectivity index is 1.94. The van der Waals surface area contributed by atoms with Crippen LogP contribution < -0.4 is 10.1 Å². The Hall–Kier alpha value is -1.65. The zero-order valence-electron chi connectivity index (χ0n) is 12.1. The van der Waals surface area contributed by atoms with Crippen LogP contribution in [0.1, 0.15) is 18.1 Å². The van der Waals surface area contributed by atoms with Gasteiger partial charge in [-0.15, -0.1) is 0 Å². The molecule has 4 heteroatoms. The molecule has 0 unspecified atom stereocenters. The Morgan fingerprint density at radius 2 is 2.10 bits per heavy atom. The highest BCUT2D eigenvalue weighted by atomic mass is 79.9. The molecule has 0 bridgehead atoms. The first-order chi connectivity index (χ1) is 10.3. The van der Waals surface area contributed by atoms with Crippen molar-refractivity contribution >= 4 is 22.0 Å². The van der Waals surface area contributed by atoms with E-state index in [0.29, 0.717) is 12.5 Å². The second kappa shape index (κ2) is 8.60. The van der Waals surface area contributed by atoms with Crippen LogP contribution in [-0.4, -0.2) is 18.1 Å². The number of nitrogens with zero attached hydrogens (tertiary/aromatic N) is 1. The van der Waals surface area contributed by atoms with E-state index in [1.807, 2.05) is 36.4 Å². The lowest BCUT2D eigenvalue weighted by molar-refractivity contribution is 0.343. The Kier molecular flexibility index (Phi) is 6.44. The Morgan fingerprint density at radius 1 is 1.29 bits per heavy atom. The second-order valence-corrected chi connectivity index (χ2v) is 5.44. The fraction of sp³-hybridized carbons (Fsp3) is 0.235. The van der Waals surface area contributed by atoms with Crippen molar-refractivity contribution in [1.82, 2.24) is 10.3 Å². The zero-order chi connectivity index (χ0) is 14.9. The van der Waals surface area contributed by atoms with Gasteiger partial charge in [-0.25, -0.2) is 4.98 Å². The number of aromatic nitrogens is 1. The molecule has 21 heavy (non-hydrogen) atoms. The summed E-state index contributed by atoms with van der Waals surface area (Å²) >= 11 is 3.44. The van der Waals surface area contributed by atoms with Crippen LogP contribution in [0.15, 0.2) is 53.1 Å². The van der Waals surface area contributed by atoms with Gasteiger partial charge in [0.05, 0.1) is 0 Å². The third kappa shape index (κ3) is 5.33. The first kappa shape index (κ1) is 15.7. The molecule has 0 atom stereocenters. The second-order valence-electron chi connectivity index (χ2n) is 4.52. The summed E-state index contributed by atoms with van der Waals surface area (Å²) in [4.78, 5) is 4.33. The molecular formula is C17H19BrN2O. The van der Waals surface area contributed by atoms with Crippen LogP contribution >= 0.6 is 15.9 Å². The van der Waals surface area contributed by atoms with Crippen molar-refractivity contribution in [2.24, 2.45) is 0 Å². The van der Waals surface area contributed by atoms with Crippen molar-refractivity contribution < 1.29 is 4.74 Å². The summed E-state index contributed by atoms with van der Waals surface area (Å²) in [5, 5.41) is 3.29. The molecule has 1 aromatic carbocycles. The quantitative estimate of drug-likeness (QED) is 0.821. The van der Waals surface area contributed by atoms with Gasteiger partial charge in [0.1, 0.15) is 6.61 Å². The van der Waals surface area contributed by atoms with Gasteiger partial charge in [0, 0.05) is 22.8 Å². The van der Waals surface area contributed by atoms with E-state index < -0.39 is 0 Å². The van der Waals surface area contributed by atoms with Crippen LogP contribution in [0.4, 0.5) is 0 Å². The predicted octanol–water partition coefficient (Wildman–Crippen LogP) is 4.05. The molecule has 0 aliphatic carbocycles. The number of nitrogens with one attached hydrogen (secondary N) is 1. The standard InChI is InChI=1S/C17H19BrN2O/c1-2-19-12-15-11-16(18)13-20-17(15)21-10-6-9-14-7-4-3-5-8-14/h3-9,11,13,19H,2,10,12H2,1H3. The predicted molar refractivity (Wildman–Crippen MR) is 90.3 cm³/mol. The molecule has 1 N–H and O–H groups in total. The Morgan fingerprint density at radius 3 is 2.86 bits per heavy atom. The average molecular weight is 347 g/mol. The molecule has 0 aliphatic rings. The molecule has 0 saturated carbocycles. The highest BCUT2D eigenvalue weighted by molar-refractivity contribution is 9.10. The van der Waals surface area contributed by atoms with Crippen LogP contribution in [0.2, 0.25) is 0 Å². The van der Waals surface area contributed by atoms with Crippen molar-refractivity contribution in [2.45, 2.75) is 13.5 Å². The van der Waals surface area contributed by atoms with Crippen LogP contribution in [0, 0.1) is 0 Å². The van der Waals surface area contributed by atoms with Gasteiger partial charge in [-0.05, 0) is 40.2 Å². The monoisotopic (exact) mass is 346 g/mol. The molecule has 3 nitrogen and oxygen atoms in total. The van der Waals surface area contributed by atoms with Crippen molar-refractivity contribution in [3.63, 3.8) is 0 Å². The zero-order valence-corrected chi connectivity index (χ0v) is 13.6. The number of hydrogen-bond donors (Lipinski definition) is 1. The largest absolute Gasteiger partial charge is 0.473 e. The lowest BCUT2D eigenvalue weighted by Crippen LogP contribution is -2.13. The molecule has 0 amide bonds. The topological polar surface area (TPSA) is 34.2 Å². The summed E-state index contributed by atoms with van der Waals surface area (Å²) < 4.78 is 6.71. The van der Waals surface area contributed by atoms with Gasteiger partial charge in [-0.1, -0.05) is 43.3 Å². The molecule has 2 aromatic rings. The van der Waals surface area contributed by atoms with E-state index in [1.54, 1.807) is 6.20 Å². The normalized spacial score (nSPS) is 11.0. The van der Waals surface area contributed by atoms with Gasteiger partial charge < -0.3 is 10.1 Å². The minimum Gasteiger partial charge on any atom is -0.473 e. The van der Waals surface area contributed by atoms with Crippen molar-refractivity contribution in [3.8, 4) is 5.88 Å². The SMILES string of the molecule is CCNCc1cc(Br)cnc1OCC=Cc1ccccc1. The van der Waals surface area contributed by atoms with E-state index in [4.69, 9.17) is 4.74 Å². The maximum atomic E-state index is 5.75. The minimum atomic E-state index is 0.503. The van der Waals surface area contributed by atoms with Crippen LogP contribution in [0.3, 0.4) is 0 Å². The van der Waals surface area contributed by atoms with Crippen LogP contribution in [-0.2, 0) is 6.54 Å². The smallest absolute Gasteiger partial charge is 0.218 e. The first-order valence-corrected chi connectivity index (χ1v) is 7.78. The molecule has 0 radical (unpaired) electrons. The number of pyridine rings is 1. The van der Waals surface area contributed by atoms with E-state index in [2.05, 4.69) is 45.3 Å². The summed E-state index contributed by atoms with van der Waals surface area (Å²) in [6.07, 6.45) is 5.80. The minimum absolute atomic E-state index is 0.503. The molecule has 0 spiro atoms. The van der Waals surface area contributed by atoms with Crippen molar-refractivity contribution in [3.05, 3.63) is 64.3 Å². The van der Waals surface area contributed by atoms with Crippen molar-refractivity contribution in [1.29, 1.82) is 0 Å². The summed E-state index contributed by atoms with van der Waals surface area (Å²) in [6, 6.07) is 12.2. The molecule has 1 heterocycles. The summed E-state index contributed by atoms with van der Waals surface area (Å²) in [6.45, 7) is 4.25. The lowest BCUT2D eigenvalue weighted by atomic mass is 10.2. The van der Waals surface area contributed by atoms with Gasteiger partial charge in [0.2, 0.25) is 5.88 Å². The Bertz CT molecular complexity index is 585. The number of halogens is 1. The van der Waals surface area contributed by atoms with E-state index >= 15 is 0 Å². The van der Waals surface area contributed by atoms with Crippen molar-refractivity contribution in [2.75, 3.05) is 13.2 Å². The molecule has 2 rings (SSSR count). The van der Waals surface area contributed by atoms with Gasteiger partial charge in [0.15, 0.2) is 0 Å². The van der Waals surface area contributed by atoms with Gasteiger partial charge >= 0.3 is 0 Å². The van der Waals surface area contributed by atoms with E-state index in [1.165, 1.54) is 0 Å². The number of rotatable bonds is 7. The maximum absolute atomic E-state index is 5.75. The Labute approximate surface area is 134 Å². The molecule has 0 aliphatic heterocycles. The number of benzene rings is 1. The molecule has 0 fully saturated rings. The first-order valence-electron chi connectivity index (χ1n) is 6.99. The lowest BCUT2D eigenvalue weighted by Gasteiger charge is -2.09. The van der Waals surface area contributed by atoms with Crippen LogP contribution in [0.5, 0.6) is 5.88 Å². The summed E-state index contributed by atoms with van der Waals surface area (Å²) in [5.41, 5.74) is 2.22. The van der Waals surface area contributed by atoms with Gasteiger partial charge in [0.25, 0.3) is 0 Å². The van der Waals surface area contributed by atoms with E-state index in [-0.39, 0.29) is 0 Å². The third-order valence-electron chi connectivity index (χ3n) is 2.88. The molecule has 1 aromatic heterocycles. The number of hydrogen-bond acceptors (Lipinski definition) is 3. The highest BCUT2D eigenvalue weighted by Gasteiger charge is 2.05. The fourth-order valence-electron chi connectivity index (χ4n) is 1.86. The maximum Gasteiger partial charge on any atom is 0.218 e. The van der Waals surface area contributed by atoms with E-state index in [9.17, 15) is 0 Å². The average Bonchev–Trinajstić information content (AvgIpc) is 2.52. The summed E-state index contributed by atoms with van der Waals surface area (Å²) in [7, 11) is 0. The molecule has 0 saturated heterocycles. The van der Waals surface area contributed by atoms with Gasteiger partial charge in [-0.3, -0.25) is 0 Å². The number of ether oxygens (including phenoxy) is 1. The molecular weight excluding hydrogens is 328 g/mol. The van der Waals surface area contributed by atoms with Crippen LogP contribution in [0.25, 0.3) is 6.08 Å². The third-order valence-corrected chi connectivity index (χ3v) is 3.32. The molecule has 110 valence electrons. The summed E-state index contributed by atoms with van der Waals surface area (Å²) in [5.74, 6) is 0.678.